The minimum atomic E-state index is -0.313. The Morgan fingerprint density at radius 2 is 2.25 bits per heavy atom. The van der Waals surface area contributed by atoms with E-state index in [2.05, 4.69) is 0 Å². The second-order valence-electron chi connectivity index (χ2n) is 3.25. The van der Waals surface area contributed by atoms with Crippen LogP contribution in [0.15, 0.2) is 18.2 Å². The Morgan fingerprint density at radius 3 is 3.00 bits per heavy atom. The molecule has 0 saturated heterocycles. The second kappa shape index (κ2) is 2.92. The molecular weight excluding hydrogens is 151 g/mol. The zero-order chi connectivity index (χ0) is 8.55. The molecule has 62 valence electrons. The molecule has 0 amide bonds. The van der Waals surface area contributed by atoms with Crippen molar-refractivity contribution in [1.82, 2.24) is 0 Å². The molecule has 1 aliphatic heterocycles. The molecule has 0 atom stereocenters. The van der Waals surface area contributed by atoms with Crippen molar-refractivity contribution in [3.63, 3.8) is 0 Å². The summed E-state index contributed by atoms with van der Waals surface area (Å²) in [6.45, 7) is -0.258. The first-order valence-corrected chi connectivity index (χ1v) is 4.22. The Hall–Kier alpha value is -0.795. The Kier molecular flexibility index (Phi) is 1.91. The lowest BCUT2D eigenvalue weighted by Crippen LogP contribution is -2.26. The highest BCUT2D eigenvalue weighted by Gasteiger charge is 2.24. The molecule has 0 bridgehead atoms. The van der Waals surface area contributed by atoms with Gasteiger partial charge in [0, 0.05) is 0 Å². The van der Waals surface area contributed by atoms with Crippen LogP contribution in [0, 0.1) is 0 Å². The molecule has 0 fully saturated rings. The summed E-state index contributed by atoms with van der Waals surface area (Å²) in [6, 6.07) is 5.81. The van der Waals surface area contributed by atoms with Gasteiger partial charge in [0.25, 0.3) is 0 Å². The summed E-state index contributed by atoms with van der Waals surface area (Å²) in [5.41, 5.74) is 3.11. The highest BCUT2D eigenvalue weighted by Crippen LogP contribution is 2.14. The van der Waals surface area contributed by atoms with E-state index in [0.717, 1.165) is 23.8 Å². The summed E-state index contributed by atoms with van der Waals surface area (Å²) >= 11 is 0. The molecule has 0 aliphatic carbocycles. The first-order chi connectivity index (χ1) is 5.81. The lowest BCUT2D eigenvalue weighted by atomic mass is 9.63. The highest BCUT2D eigenvalue weighted by molar-refractivity contribution is 6.68. The summed E-state index contributed by atoms with van der Waals surface area (Å²) in [4.78, 5) is 0. The van der Waals surface area contributed by atoms with Crippen molar-refractivity contribution < 1.29 is 10.1 Å². The number of aliphatic hydroxyl groups excluding tert-OH is 1. The number of aryl methyl sites for hydroxylation is 1. The standard InChI is InChI=1S/C9H11BO2/c11-6-7-1-2-8-3-4-10(12)9(8)5-7/h1-2,5,11-12H,3-4,6H2. The van der Waals surface area contributed by atoms with Crippen LogP contribution in [0.3, 0.4) is 0 Å². The third-order valence-electron chi connectivity index (χ3n) is 2.44. The number of aliphatic hydroxyl groups is 1. The smallest absolute Gasteiger partial charge is 0.324 e. The maximum atomic E-state index is 9.52. The summed E-state index contributed by atoms with van der Waals surface area (Å²) in [7, 11) is 0. The van der Waals surface area contributed by atoms with E-state index in [1.165, 1.54) is 5.56 Å². The first-order valence-electron chi connectivity index (χ1n) is 4.22. The van der Waals surface area contributed by atoms with Crippen molar-refractivity contribution in [2.75, 3.05) is 0 Å². The summed E-state index contributed by atoms with van der Waals surface area (Å²) in [6.07, 6.45) is 1.78. The van der Waals surface area contributed by atoms with E-state index < -0.39 is 0 Å². The van der Waals surface area contributed by atoms with Crippen molar-refractivity contribution in [3.05, 3.63) is 29.3 Å². The van der Waals surface area contributed by atoms with Crippen molar-refractivity contribution in [3.8, 4) is 0 Å². The predicted molar refractivity (Wildman–Crippen MR) is 48.5 cm³/mol. The molecule has 2 nitrogen and oxygen atoms in total. The topological polar surface area (TPSA) is 40.5 Å². The molecule has 1 heterocycles. The Labute approximate surface area is 72.0 Å². The van der Waals surface area contributed by atoms with E-state index in [9.17, 15) is 5.02 Å². The molecule has 0 spiro atoms. The molecular formula is C9H11BO2. The van der Waals surface area contributed by atoms with E-state index in [1.807, 2.05) is 18.2 Å². The zero-order valence-corrected chi connectivity index (χ0v) is 6.83. The predicted octanol–water partition coefficient (Wildman–Crippen LogP) is -0.0742. The molecule has 3 heteroatoms. The van der Waals surface area contributed by atoms with Gasteiger partial charge in [0.1, 0.15) is 0 Å². The van der Waals surface area contributed by atoms with Crippen LogP contribution in [0.5, 0.6) is 0 Å². The quantitative estimate of drug-likeness (QED) is 0.567. The van der Waals surface area contributed by atoms with E-state index in [1.54, 1.807) is 0 Å². The Balaban J connectivity index is 2.43. The number of fused-ring (bicyclic) bond motifs is 1. The van der Waals surface area contributed by atoms with Crippen LogP contribution >= 0.6 is 0 Å². The summed E-state index contributed by atoms with van der Waals surface area (Å²) in [5.74, 6) is 0. The third kappa shape index (κ3) is 1.15. The molecule has 1 aliphatic rings. The number of benzene rings is 1. The molecule has 0 aromatic heterocycles. The van der Waals surface area contributed by atoms with Crippen molar-refractivity contribution >= 4 is 12.4 Å². The lowest BCUT2D eigenvalue weighted by molar-refractivity contribution is 0.282. The maximum Gasteiger partial charge on any atom is 0.324 e. The van der Waals surface area contributed by atoms with Gasteiger partial charge in [-0.3, -0.25) is 0 Å². The fourth-order valence-electron chi connectivity index (χ4n) is 1.73. The minimum Gasteiger partial charge on any atom is -0.446 e. The van der Waals surface area contributed by atoms with Crippen LogP contribution in [0.25, 0.3) is 0 Å². The average Bonchev–Trinajstić information content (AvgIpc) is 2.47. The lowest BCUT2D eigenvalue weighted by Gasteiger charge is -2.02. The minimum absolute atomic E-state index is 0.0556. The van der Waals surface area contributed by atoms with E-state index in [-0.39, 0.29) is 13.5 Å². The van der Waals surface area contributed by atoms with Gasteiger partial charge in [-0.1, -0.05) is 23.8 Å². The van der Waals surface area contributed by atoms with Crippen LogP contribution in [0.1, 0.15) is 11.1 Å². The fraction of sp³-hybridized carbons (Fsp3) is 0.333. The largest absolute Gasteiger partial charge is 0.446 e. The zero-order valence-electron chi connectivity index (χ0n) is 6.83. The van der Waals surface area contributed by atoms with Gasteiger partial charge in [0.15, 0.2) is 0 Å². The van der Waals surface area contributed by atoms with E-state index in [4.69, 9.17) is 5.11 Å². The van der Waals surface area contributed by atoms with E-state index in [0.29, 0.717) is 0 Å². The molecule has 2 rings (SSSR count). The van der Waals surface area contributed by atoms with Gasteiger partial charge in [-0.25, -0.2) is 0 Å². The van der Waals surface area contributed by atoms with Crippen molar-refractivity contribution in [2.24, 2.45) is 0 Å². The monoisotopic (exact) mass is 162 g/mol. The van der Waals surface area contributed by atoms with Gasteiger partial charge in [-0.2, -0.15) is 0 Å². The number of hydrogen-bond donors (Lipinski definition) is 2. The van der Waals surface area contributed by atoms with Crippen LogP contribution in [-0.2, 0) is 13.0 Å². The molecule has 0 radical (unpaired) electrons. The fourth-order valence-corrected chi connectivity index (χ4v) is 1.73. The SMILES string of the molecule is OCc1ccc2c(c1)B(O)CC2. The van der Waals surface area contributed by atoms with Gasteiger partial charge in [-0.05, 0) is 23.8 Å². The van der Waals surface area contributed by atoms with Crippen LogP contribution in [-0.4, -0.2) is 17.0 Å². The third-order valence-corrected chi connectivity index (χ3v) is 2.44. The van der Waals surface area contributed by atoms with Gasteiger partial charge < -0.3 is 10.1 Å². The summed E-state index contributed by atoms with van der Waals surface area (Å²) in [5, 5.41) is 18.4. The van der Waals surface area contributed by atoms with Gasteiger partial charge in [0.2, 0.25) is 0 Å². The van der Waals surface area contributed by atoms with Crippen LogP contribution in [0.2, 0.25) is 6.32 Å². The van der Waals surface area contributed by atoms with Gasteiger partial charge >= 0.3 is 6.92 Å². The number of rotatable bonds is 1. The first kappa shape index (κ1) is 7.83. The van der Waals surface area contributed by atoms with Crippen molar-refractivity contribution in [1.29, 1.82) is 0 Å². The second-order valence-corrected chi connectivity index (χ2v) is 3.25. The normalized spacial score (nSPS) is 15.0. The average molecular weight is 162 g/mol. The Bertz CT molecular complexity index is 299. The molecule has 1 aromatic carbocycles. The van der Waals surface area contributed by atoms with Gasteiger partial charge in [-0.15, -0.1) is 0 Å². The summed E-state index contributed by atoms with van der Waals surface area (Å²) < 4.78 is 0. The van der Waals surface area contributed by atoms with Crippen LogP contribution in [0.4, 0.5) is 0 Å². The molecule has 12 heavy (non-hydrogen) atoms. The van der Waals surface area contributed by atoms with Crippen molar-refractivity contribution in [2.45, 2.75) is 19.3 Å². The molecule has 2 N–H and O–H groups in total. The highest BCUT2D eigenvalue weighted by atomic mass is 16.3. The number of hydrogen-bond acceptors (Lipinski definition) is 2. The maximum absolute atomic E-state index is 9.52. The molecule has 0 unspecified atom stereocenters. The molecule has 1 aromatic rings. The van der Waals surface area contributed by atoms with E-state index >= 15 is 0 Å². The Morgan fingerprint density at radius 1 is 1.42 bits per heavy atom. The van der Waals surface area contributed by atoms with Gasteiger partial charge in [0.05, 0.1) is 6.61 Å². The van der Waals surface area contributed by atoms with Crippen LogP contribution < -0.4 is 5.46 Å². The molecule has 0 saturated carbocycles.